The van der Waals surface area contributed by atoms with Crippen LogP contribution in [0.3, 0.4) is 0 Å². The van der Waals surface area contributed by atoms with Crippen molar-refractivity contribution < 1.29 is 4.79 Å². The molecular formula is C16H25N3O. The lowest BCUT2D eigenvalue weighted by molar-refractivity contribution is 0.173. The number of carbonyl (C=O) groups excluding carboxylic acids is 1. The van der Waals surface area contributed by atoms with E-state index in [1.165, 1.54) is 6.42 Å². The zero-order valence-electron chi connectivity index (χ0n) is 12.3. The monoisotopic (exact) mass is 275 g/mol. The highest BCUT2D eigenvalue weighted by Crippen LogP contribution is 2.10. The van der Waals surface area contributed by atoms with Gasteiger partial charge in [0, 0.05) is 25.7 Å². The van der Waals surface area contributed by atoms with Crippen LogP contribution in [0.25, 0.3) is 0 Å². The first-order valence-corrected chi connectivity index (χ1v) is 7.59. The molecule has 1 aromatic carbocycles. The van der Waals surface area contributed by atoms with Crippen molar-refractivity contribution in [1.29, 1.82) is 0 Å². The van der Waals surface area contributed by atoms with Crippen LogP contribution in [-0.2, 0) is 6.54 Å². The molecule has 1 unspecified atom stereocenters. The van der Waals surface area contributed by atoms with Crippen molar-refractivity contribution in [2.24, 2.45) is 0 Å². The van der Waals surface area contributed by atoms with Gasteiger partial charge < -0.3 is 15.5 Å². The molecule has 20 heavy (non-hydrogen) atoms. The maximum Gasteiger partial charge on any atom is 0.317 e. The number of likely N-dealkylation sites (tertiary alicyclic amines) is 1. The second-order valence-electron chi connectivity index (χ2n) is 5.38. The summed E-state index contributed by atoms with van der Waals surface area (Å²) < 4.78 is 0. The number of amides is 2. The summed E-state index contributed by atoms with van der Waals surface area (Å²) in [5, 5.41) is 6.51. The van der Waals surface area contributed by atoms with E-state index < -0.39 is 0 Å². The Morgan fingerprint density at radius 2 is 2.15 bits per heavy atom. The number of hydrogen-bond acceptors (Lipinski definition) is 2. The van der Waals surface area contributed by atoms with Crippen LogP contribution in [0.2, 0.25) is 0 Å². The summed E-state index contributed by atoms with van der Waals surface area (Å²) in [5.41, 5.74) is 1.14. The van der Waals surface area contributed by atoms with E-state index in [0.717, 1.165) is 38.0 Å². The molecule has 1 atom stereocenters. The number of carbonyl (C=O) groups is 1. The molecule has 4 nitrogen and oxygen atoms in total. The normalized spacial score (nSPS) is 18.9. The van der Waals surface area contributed by atoms with Gasteiger partial charge in [-0.2, -0.15) is 0 Å². The van der Waals surface area contributed by atoms with E-state index in [9.17, 15) is 4.79 Å². The summed E-state index contributed by atoms with van der Waals surface area (Å²) in [5.74, 6) is 0. The van der Waals surface area contributed by atoms with Gasteiger partial charge in [0.2, 0.25) is 0 Å². The number of hydrogen-bond donors (Lipinski definition) is 2. The molecule has 2 N–H and O–H groups in total. The van der Waals surface area contributed by atoms with Crippen LogP contribution in [0.5, 0.6) is 0 Å². The fraction of sp³-hybridized carbons (Fsp3) is 0.562. The van der Waals surface area contributed by atoms with E-state index in [1.807, 2.05) is 35.2 Å². The number of rotatable bonds is 5. The van der Waals surface area contributed by atoms with Gasteiger partial charge in [0.05, 0.1) is 0 Å². The molecule has 0 radical (unpaired) electrons. The highest BCUT2D eigenvalue weighted by atomic mass is 16.2. The molecule has 0 spiro atoms. The van der Waals surface area contributed by atoms with Gasteiger partial charge in [-0.1, -0.05) is 37.3 Å². The van der Waals surface area contributed by atoms with E-state index in [-0.39, 0.29) is 6.03 Å². The molecule has 2 amide bonds. The molecule has 2 rings (SSSR count). The van der Waals surface area contributed by atoms with Gasteiger partial charge in [0.25, 0.3) is 0 Å². The molecule has 1 heterocycles. The first-order chi connectivity index (χ1) is 9.79. The zero-order valence-corrected chi connectivity index (χ0v) is 12.3. The molecule has 0 bridgehead atoms. The van der Waals surface area contributed by atoms with Crippen molar-refractivity contribution in [2.75, 3.05) is 19.6 Å². The number of benzene rings is 1. The average Bonchev–Trinajstić information content (AvgIpc) is 2.52. The van der Waals surface area contributed by atoms with E-state index in [0.29, 0.717) is 12.6 Å². The van der Waals surface area contributed by atoms with Crippen LogP contribution in [0, 0.1) is 0 Å². The molecule has 0 saturated carbocycles. The Bertz CT molecular complexity index is 407. The van der Waals surface area contributed by atoms with Gasteiger partial charge >= 0.3 is 6.03 Å². The summed E-state index contributed by atoms with van der Waals surface area (Å²) in [7, 11) is 0. The molecule has 1 saturated heterocycles. The summed E-state index contributed by atoms with van der Waals surface area (Å²) >= 11 is 0. The van der Waals surface area contributed by atoms with Crippen molar-refractivity contribution in [3.05, 3.63) is 35.9 Å². The van der Waals surface area contributed by atoms with Gasteiger partial charge in [0.1, 0.15) is 0 Å². The van der Waals surface area contributed by atoms with Crippen molar-refractivity contribution in [2.45, 2.75) is 38.8 Å². The maximum absolute atomic E-state index is 12.2. The summed E-state index contributed by atoms with van der Waals surface area (Å²) in [6.45, 7) is 5.49. The minimum absolute atomic E-state index is 0.0526. The fourth-order valence-corrected chi connectivity index (χ4v) is 2.56. The van der Waals surface area contributed by atoms with Gasteiger partial charge in [-0.15, -0.1) is 0 Å². The van der Waals surface area contributed by atoms with Crippen LogP contribution >= 0.6 is 0 Å². The summed E-state index contributed by atoms with van der Waals surface area (Å²) in [6.07, 6.45) is 3.39. The largest absolute Gasteiger partial charge is 0.334 e. The number of urea groups is 1. The summed E-state index contributed by atoms with van der Waals surface area (Å²) in [4.78, 5) is 14.1. The Morgan fingerprint density at radius 3 is 2.90 bits per heavy atom. The smallest absolute Gasteiger partial charge is 0.317 e. The maximum atomic E-state index is 12.2. The SMILES string of the molecule is CCCNC1CCCN(C(=O)NCc2ccccc2)C1. The minimum Gasteiger partial charge on any atom is -0.334 e. The van der Waals surface area contributed by atoms with Crippen molar-refractivity contribution in [3.63, 3.8) is 0 Å². The lowest BCUT2D eigenvalue weighted by atomic mass is 10.1. The van der Waals surface area contributed by atoms with Crippen LogP contribution in [0.1, 0.15) is 31.7 Å². The van der Waals surface area contributed by atoms with Gasteiger partial charge in [0.15, 0.2) is 0 Å². The number of piperidine rings is 1. The molecule has 1 aliphatic heterocycles. The molecule has 1 aliphatic rings. The Balaban J connectivity index is 1.77. The predicted molar refractivity (Wildman–Crippen MR) is 81.6 cm³/mol. The van der Waals surface area contributed by atoms with E-state index >= 15 is 0 Å². The third-order valence-electron chi connectivity index (χ3n) is 3.68. The third-order valence-corrected chi connectivity index (χ3v) is 3.68. The number of nitrogens with zero attached hydrogens (tertiary/aromatic N) is 1. The molecule has 110 valence electrons. The van der Waals surface area contributed by atoms with E-state index in [2.05, 4.69) is 17.6 Å². The molecule has 1 fully saturated rings. The predicted octanol–water partition coefficient (Wildman–Crippen LogP) is 2.36. The van der Waals surface area contributed by atoms with Crippen LogP contribution in [0.4, 0.5) is 4.79 Å². The van der Waals surface area contributed by atoms with Crippen LogP contribution < -0.4 is 10.6 Å². The first-order valence-electron chi connectivity index (χ1n) is 7.59. The van der Waals surface area contributed by atoms with Gasteiger partial charge in [-0.05, 0) is 31.4 Å². The van der Waals surface area contributed by atoms with E-state index in [1.54, 1.807) is 0 Å². The Labute approximate surface area is 121 Å². The Hall–Kier alpha value is -1.55. The van der Waals surface area contributed by atoms with Crippen LogP contribution in [0.15, 0.2) is 30.3 Å². The lowest BCUT2D eigenvalue weighted by Gasteiger charge is -2.33. The highest BCUT2D eigenvalue weighted by molar-refractivity contribution is 5.74. The standard InChI is InChI=1S/C16H25N3O/c1-2-10-17-15-9-6-11-19(13-15)16(20)18-12-14-7-4-3-5-8-14/h3-5,7-8,15,17H,2,6,9-13H2,1H3,(H,18,20). The molecule has 0 aliphatic carbocycles. The number of nitrogens with one attached hydrogen (secondary N) is 2. The quantitative estimate of drug-likeness (QED) is 0.866. The van der Waals surface area contributed by atoms with E-state index in [4.69, 9.17) is 0 Å². The average molecular weight is 275 g/mol. The van der Waals surface area contributed by atoms with Crippen molar-refractivity contribution >= 4 is 6.03 Å². The second-order valence-corrected chi connectivity index (χ2v) is 5.38. The summed E-state index contributed by atoms with van der Waals surface area (Å²) in [6, 6.07) is 10.5. The lowest BCUT2D eigenvalue weighted by Crippen LogP contribution is -2.51. The van der Waals surface area contributed by atoms with Crippen molar-refractivity contribution in [3.8, 4) is 0 Å². The Kier molecular flexibility index (Phi) is 5.87. The third kappa shape index (κ3) is 4.53. The van der Waals surface area contributed by atoms with Crippen LogP contribution in [-0.4, -0.2) is 36.6 Å². The fourth-order valence-electron chi connectivity index (χ4n) is 2.56. The molecular weight excluding hydrogens is 250 g/mol. The highest BCUT2D eigenvalue weighted by Gasteiger charge is 2.22. The van der Waals surface area contributed by atoms with Gasteiger partial charge in [-0.25, -0.2) is 4.79 Å². The minimum atomic E-state index is 0.0526. The van der Waals surface area contributed by atoms with Crippen molar-refractivity contribution in [1.82, 2.24) is 15.5 Å². The molecule has 1 aromatic rings. The van der Waals surface area contributed by atoms with Gasteiger partial charge in [-0.3, -0.25) is 0 Å². The molecule has 4 heteroatoms. The molecule has 0 aromatic heterocycles. The first kappa shape index (κ1) is 14.9. The topological polar surface area (TPSA) is 44.4 Å². The zero-order chi connectivity index (χ0) is 14.2. The Morgan fingerprint density at radius 1 is 1.35 bits per heavy atom. The second kappa shape index (κ2) is 7.90.